The number of hydrogen-bond acceptors (Lipinski definition) is 4. The minimum atomic E-state index is -4.00. The second-order valence-corrected chi connectivity index (χ2v) is 8.75. The number of benzene rings is 3. The minimum Gasteiger partial charge on any atom is -0.497 e. The lowest BCUT2D eigenvalue weighted by atomic mass is 10.2. The van der Waals surface area contributed by atoms with Gasteiger partial charge in [-0.25, -0.2) is 8.42 Å². The van der Waals surface area contributed by atoms with Gasteiger partial charge in [-0.3, -0.25) is 9.10 Å². The molecule has 0 aliphatic heterocycles. The Balaban J connectivity index is 1.98. The van der Waals surface area contributed by atoms with E-state index in [9.17, 15) is 13.2 Å². The van der Waals surface area contributed by atoms with Crippen molar-refractivity contribution in [2.75, 3.05) is 23.3 Å². The van der Waals surface area contributed by atoms with Gasteiger partial charge < -0.3 is 10.1 Å². The normalized spacial score (nSPS) is 10.9. The first-order chi connectivity index (χ1) is 14.9. The molecule has 1 N–H and O–H groups in total. The Morgan fingerprint density at radius 2 is 1.77 bits per heavy atom. The van der Waals surface area contributed by atoms with Crippen LogP contribution in [0.1, 0.15) is 10.4 Å². The van der Waals surface area contributed by atoms with Gasteiger partial charge >= 0.3 is 0 Å². The van der Waals surface area contributed by atoms with Crippen LogP contribution in [0.15, 0.2) is 90.3 Å². The van der Waals surface area contributed by atoms with Crippen LogP contribution in [-0.2, 0) is 10.0 Å². The zero-order chi connectivity index (χ0) is 22.4. The number of anilines is 2. The third-order valence-corrected chi connectivity index (χ3v) is 6.58. The third kappa shape index (κ3) is 5.07. The van der Waals surface area contributed by atoms with Gasteiger partial charge in [0.25, 0.3) is 15.9 Å². The van der Waals surface area contributed by atoms with Crippen LogP contribution in [0.2, 0.25) is 5.02 Å². The van der Waals surface area contributed by atoms with Crippen LogP contribution in [0.25, 0.3) is 0 Å². The molecule has 0 aliphatic carbocycles. The maximum Gasteiger partial charge on any atom is 0.264 e. The van der Waals surface area contributed by atoms with E-state index in [1.807, 2.05) is 6.07 Å². The molecular weight excluding hydrogens is 436 g/mol. The molecule has 1 amide bonds. The molecule has 8 heteroatoms. The van der Waals surface area contributed by atoms with Gasteiger partial charge in [-0.05, 0) is 54.6 Å². The molecule has 0 aromatic heterocycles. The number of methoxy groups -OCH3 is 1. The smallest absolute Gasteiger partial charge is 0.264 e. The van der Waals surface area contributed by atoms with Gasteiger partial charge in [-0.2, -0.15) is 0 Å². The molecule has 3 aromatic carbocycles. The molecule has 0 saturated heterocycles. The van der Waals surface area contributed by atoms with Crippen molar-refractivity contribution in [2.24, 2.45) is 0 Å². The molecule has 0 spiro atoms. The lowest BCUT2D eigenvalue weighted by molar-refractivity contribution is 0.102. The first kappa shape index (κ1) is 22.4. The van der Waals surface area contributed by atoms with Crippen molar-refractivity contribution >= 4 is 38.9 Å². The molecule has 0 atom stereocenters. The van der Waals surface area contributed by atoms with Gasteiger partial charge in [-0.15, -0.1) is 6.58 Å². The molecule has 0 saturated carbocycles. The zero-order valence-corrected chi connectivity index (χ0v) is 18.4. The fourth-order valence-electron chi connectivity index (χ4n) is 2.89. The number of sulfonamides is 1. The van der Waals surface area contributed by atoms with Crippen molar-refractivity contribution < 1.29 is 17.9 Å². The van der Waals surface area contributed by atoms with E-state index in [2.05, 4.69) is 11.9 Å². The maximum absolute atomic E-state index is 13.4. The van der Waals surface area contributed by atoms with Gasteiger partial charge in [0, 0.05) is 5.69 Å². The number of amides is 1. The van der Waals surface area contributed by atoms with E-state index in [1.165, 1.54) is 35.7 Å². The second kappa shape index (κ2) is 9.68. The summed E-state index contributed by atoms with van der Waals surface area (Å²) in [6.07, 6.45) is 1.49. The van der Waals surface area contributed by atoms with E-state index in [4.69, 9.17) is 16.3 Å². The molecule has 3 aromatic rings. The number of carbonyl (C=O) groups excluding carboxylic acids is 1. The lowest BCUT2D eigenvalue weighted by Gasteiger charge is -2.23. The lowest BCUT2D eigenvalue weighted by Crippen LogP contribution is -2.31. The molecule has 6 nitrogen and oxygen atoms in total. The van der Waals surface area contributed by atoms with Gasteiger partial charge in [-0.1, -0.05) is 35.9 Å². The van der Waals surface area contributed by atoms with Gasteiger partial charge in [0.2, 0.25) is 0 Å². The van der Waals surface area contributed by atoms with Gasteiger partial charge in [0.05, 0.1) is 34.8 Å². The summed E-state index contributed by atoms with van der Waals surface area (Å²) >= 11 is 6.20. The quantitative estimate of drug-likeness (QED) is 0.485. The predicted octanol–water partition coefficient (Wildman–Crippen LogP) is 4.98. The van der Waals surface area contributed by atoms with Crippen LogP contribution in [0, 0.1) is 0 Å². The SMILES string of the molecule is C=CCN(c1ccc(OC)cc1)S(=O)(=O)c1ccc(Cl)c(C(=O)Nc2ccccc2)c1. The van der Waals surface area contributed by atoms with Crippen LogP contribution in [0.4, 0.5) is 11.4 Å². The third-order valence-electron chi connectivity index (χ3n) is 4.46. The molecule has 0 fully saturated rings. The molecular formula is C23H21ClN2O4S. The van der Waals surface area contributed by atoms with E-state index < -0.39 is 15.9 Å². The summed E-state index contributed by atoms with van der Waals surface area (Å²) in [5, 5.41) is 2.86. The zero-order valence-electron chi connectivity index (χ0n) is 16.8. The number of rotatable bonds is 8. The number of hydrogen-bond donors (Lipinski definition) is 1. The van der Waals surface area contributed by atoms with Crippen LogP contribution < -0.4 is 14.4 Å². The largest absolute Gasteiger partial charge is 0.497 e. The average molecular weight is 457 g/mol. The highest BCUT2D eigenvalue weighted by Crippen LogP contribution is 2.28. The fraction of sp³-hybridized carbons (Fsp3) is 0.0870. The van der Waals surface area contributed by atoms with Crippen LogP contribution in [0.3, 0.4) is 0 Å². The van der Waals surface area contributed by atoms with Crippen molar-refractivity contribution in [3.8, 4) is 5.75 Å². The molecule has 31 heavy (non-hydrogen) atoms. The fourth-order valence-corrected chi connectivity index (χ4v) is 4.56. The van der Waals surface area contributed by atoms with E-state index in [0.717, 1.165) is 0 Å². The Morgan fingerprint density at radius 3 is 2.39 bits per heavy atom. The Kier molecular flexibility index (Phi) is 6.99. The van der Waals surface area contributed by atoms with Crippen molar-refractivity contribution in [2.45, 2.75) is 4.90 Å². The summed E-state index contributed by atoms with van der Waals surface area (Å²) in [4.78, 5) is 12.7. The number of nitrogens with zero attached hydrogens (tertiary/aromatic N) is 1. The summed E-state index contributed by atoms with van der Waals surface area (Å²) in [6, 6.07) is 19.5. The Morgan fingerprint density at radius 1 is 1.10 bits per heavy atom. The Labute approximate surface area is 186 Å². The minimum absolute atomic E-state index is 0.0445. The molecule has 3 rings (SSSR count). The van der Waals surface area contributed by atoms with E-state index in [1.54, 1.807) is 48.5 Å². The molecule has 0 heterocycles. The summed E-state index contributed by atoms with van der Waals surface area (Å²) in [7, 11) is -2.47. The topological polar surface area (TPSA) is 75.7 Å². The van der Waals surface area contributed by atoms with Crippen LogP contribution in [0.5, 0.6) is 5.75 Å². The standard InChI is InChI=1S/C23H21ClN2O4S/c1-3-15-26(18-9-11-19(30-2)12-10-18)31(28,29)20-13-14-22(24)21(16-20)23(27)25-17-7-5-4-6-8-17/h3-14,16H,1,15H2,2H3,(H,25,27). The van der Waals surface area contributed by atoms with Crippen molar-refractivity contribution in [3.05, 3.63) is 96.0 Å². The van der Waals surface area contributed by atoms with E-state index in [0.29, 0.717) is 17.1 Å². The number of nitrogens with one attached hydrogen (secondary N) is 1. The van der Waals surface area contributed by atoms with E-state index in [-0.39, 0.29) is 22.0 Å². The summed E-state index contributed by atoms with van der Waals surface area (Å²) in [6.45, 7) is 3.70. The van der Waals surface area contributed by atoms with Crippen molar-refractivity contribution in [1.29, 1.82) is 0 Å². The van der Waals surface area contributed by atoms with Crippen molar-refractivity contribution in [1.82, 2.24) is 0 Å². The average Bonchev–Trinajstić information content (AvgIpc) is 2.78. The summed E-state index contributed by atoms with van der Waals surface area (Å²) < 4.78 is 33.1. The first-order valence-corrected chi connectivity index (χ1v) is 11.1. The highest BCUT2D eigenvalue weighted by Gasteiger charge is 2.26. The molecule has 0 unspecified atom stereocenters. The molecule has 0 radical (unpaired) electrons. The number of carbonyl (C=O) groups is 1. The Hall–Kier alpha value is -3.29. The van der Waals surface area contributed by atoms with Crippen LogP contribution in [-0.4, -0.2) is 28.0 Å². The number of para-hydroxylation sites is 1. The van der Waals surface area contributed by atoms with E-state index >= 15 is 0 Å². The predicted molar refractivity (Wildman–Crippen MR) is 124 cm³/mol. The number of halogens is 1. The first-order valence-electron chi connectivity index (χ1n) is 9.30. The summed E-state index contributed by atoms with van der Waals surface area (Å²) in [5.74, 6) is 0.0963. The maximum atomic E-state index is 13.4. The number of ether oxygens (including phenoxy) is 1. The summed E-state index contributed by atoms with van der Waals surface area (Å²) in [5.41, 5.74) is 1.06. The highest BCUT2D eigenvalue weighted by atomic mass is 35.5. The Bertz CT molecular complexity index is 1180. The monoisotopic (exact) mass is 456 g/mol. The van der Waals surface area contributed by atoms with Gasteiger partial charge in [0.15, 0.2) is 0 Å². The highest BCUT2D eigenvalue weighted by molar-refractivity contribution is 7.92. The van der Waals surface area contributed by atoms with Crippen molar-refractivity contribution in [3.63, 3.8) is 0 Å². The molecule has 160 valence electrons. The van der Waals surface area contributed by atoms with Gasteiger partial charge in [0.1, 0.15) is 5.75 Å². The molecule has 0 bridgehead atoms. The molecule has 0 aliphatic rings. The van der Waals surface area contributed by atoms with Crippen LogP contribution >= 0.6 is 11.6 Å². The second-order valence-electron chi connectivity index (χ2n) is 6.48.